The molecule has 1 aliphatic heterocycles. The standard InChI is InChI=1S/C16H20N4O2/c1-10-8-12(10)15(21)19-4-6-20(7-5-19)16-13(9-17)18-14(22-16)11-2-3-11/h10-12H,2-8H2,1H3/t10-,12-/m1/s1. The Morgan fingerprint density at radius 3 is 2.55 bits per heavy atom. The van der Waals surface area contributed by atoms with Crippen LogP contribution >= 0.6 is 0 Å². The number of aromatic nitrogens is 1. The summed E-state index contributed by atoms with van der Waals surface area (Å²) in [7, 11) is 0. The van der Waals surface area contributed by atoms with Gasteiger partial charge < -0.3 is 14.2 Å². The molecule has 0 aromatic carbocycles. The van der Waals surface area contributed by atoms with Crippen LogP contribution in [-0.2, 0) is 4.79 Å². The van der Waals surface area contributed by atoms with Gasteiger partial charge in [0, 0.05) is 38.0 Å². The smallest absolute Gasteiger partial charge is 0.234 e. The highest BCUT2D eigenvalue weighted by molar-refractivity contribution is 5.81. The summed E-state index contributed by atoms with van der Waals surface area (Å²) in [5, 5.41) is 9.25. The number of carbonyl (C=O) groups is 1. The first-order chi connectivity index (χ1) is 10.7. The molecule has 1 saturated heterocycles. The van der Waals surface area contributed by atoms with E-state index in [0.717, 1.165) is 19.3 Å². The molecule has 0 radical (unpaired) electrons. The fourth-order valence-electron chi connectivity index (χ4n) is 3.15. The van der Waals surface area contributed by atoms with Crippen molar-refractivity contribution in [1.82, 2.24) is 9.88 Å². The van der Waals surface area contributed by atoms with Gasteiger partial charge in [0.25, 0.3) is 0 Å². The van der Waals surface area contributed by atoms with E-state index in [1.165, 1.54) is 0 Å². The highest BCUT2D eigenvalue weighted by Gasteiger charge is 2.42. The van der Waals surface area contributed by atoms with E-state index in [2.05, 4.69) is 22.9 Å². The maximum atomic E-state index is 12.3. The molecule has 2 saturated carbocycles. The summed E-state index contributed by atoms with van der Waals surface area (Å²) in [6, 6.07) is 2.14. The predicted octanol–water partition coefficient (Wildman–Crippen LogP) is 1.73. The zero-order valence-electron chi connectivity index (χ0n) is 12.8. The zero-order chi connectivity index (χ0) is 15.3. The molecule has 3 fully saturated rings. The molecule has 2 atom stereocenters. The molecule has 6 heteroatoms. The molecular formula is C16H20N4O2. The Morgan fingerprint density at radius 2 is 2.00 bits per heavy atom. The van der Waals surface area contributed by atoms with Gasteiger partial charge in [-0.15, -0.1) is 0 Å². The Labute approximate surface area is 129 Å². The average Bonchev–Trinajstić information content (AvgIpc) is 3.46. The number of nitrogens with zero attached hydrogens (tertiary/aromatic N) is 4. The molecule has 0 N–H and O–H groups in total. The van der Waals surface area contributed by atoms with Gasteiger partial charge in [0.1, 0.15) is 6.07 Å². The largest absolute Gasteiger partial charge is 0.423 e. The molecule has 22 heavy (non-hydrogen) atoms. The monoisotopic (exact) mass is 300 g/mol. The Kier molecular flexibility index (Phi) is 3.10. The van der Waals surface area contributed by atoms with Crippen molar-refractivity contribution in [2.45, 2.75) is 32.1 Å². The summed E-state index contributed by atoms with van der Waals surface area (Å²) in [5.41, 5.74) is 0.387. The first kappa shape index (κ1) is 13.6. The summed E-state index contributed by atoms with van der Waals surface area (Å²) in [4.78, 5) is 20.6. The van der Waals surface area contributed by atoms with Crippen LogP contribution in [-0.4, -0.2) is 42.0 Å². The van der Waals surface area contributed by atoms with Crippen LogP contribution in [0.2, 0.25) is 0 Å². The minimum Gasteiger partial charge on any atom is -0.423 e. The number of piperazine rings is 1. The lowest BCUT2D eigenvalue weighted by atomic mass is 10.2. The number of hydrogen-bond acceptors (Lipinski definition) is 5. The maximum absolute atomic E-state index is 12.3. The van der Waals surface area contributed by atoms with Crippen molar-refractivity contribution in [1.29, 1.82) is 5.26 Å². The molecule has 0 bridgehead atoms. The van der Waals surface area contributed by atoms with E-state index in [-0.39, 0.29) is 5.92 Å². The number of nitriles is 1. The fourth-order valence-corrected chi connectivity index (χ4v) is 3.15. The van der Waals surface area contributed by atoms with E-state index in [1.54, 1.807) is 0 Å². The number of carbonyl (C=O) groups excluding carboxylic acids is 1. The zero-order valence-corrected chi connectivity index (χ0v) is 12.8. The predicted molar refractivity (Wildman–Crippen MR) is 79.3 cm³/mol. The van der Waals surface area contributed by atoms with Gasteiger partial charge in [-0.1, -0.05) is 6.92 Å². The van der Waals surface area contributed by atoms with Crippen molar-refractivity contribution in [2.24, 2.45) is 11.8 Å². The van der Waals surface area contributed by atoms with E-state index in [1.807, 2.05) is 4.90 Å². The molecule has 1 aromatic rings. The van der Waals surface area contributed by atoms with Crippen LogP contribution in [0.5, 0.6) is 0 Å². The van der Waals surface area contributed by atoms with Crippen molar-refractivity contribution < 1.29 is 9.21 Å². The Hall–Kier alpha value is -2.03. The Morgan fingerprint density at radius 1 is 1.32 bits per heavy atom. The van der Waals surface area contributed by atoms with Gasteiger partial charge in [0.05, 0.1) is 0 Å². The topological polar surface area (TPSA) is 73.4 Å². The van der Waals surface area contributed by atoms with Crippen molar-refractivity contribution in [2.75, 3.05) is 31.1 Å². The lowest BCUT2D eigenvalue weighted by molar-refractivity contribution is -0.133. The Bertz CT molecular complexity index is 635. The van der Waals surface area contributed by atoms with E-state index < -0.39 is 0 Å². The lowest BCUT2D eigenvalue weighted by Crippen LogP contribution is -2.49. The minimum atomic E-state index is 0.243. The quantitative estimate of drug-likeness (QED) is 0.850. The van der Waals surface area contributed by atoms with Crippen molar-refractivity contribution in [3.63, 3.8) is 0 Å². The number of amides is 1. The highest BCUT2D eigenvalue weighted by atomic mass is 16.4. The summed E-state index contributed by atoms with van der Waals surface area (Å²) in [6.07, 6.45) is 3.24. The number of oxazole rings is 1. The average molecular weight is 300 g/mol. The van der Waals surface area contributed by atoms with Crippen LogP contribution < -0.4 is 4.90 Å². The SMILES string of the molecule is C[C@@H]1C[C@H]1C(=O)N1CCN(c2oc(C3CC3)nc2C#N)CC1. The van der Waals surface area contributed by atoms with Crippen LogP contribution in [0.3, 0.4) is 0 Å². The van der Waals surface area contributed by atoms with E-state index in [0.29, 0.717) is 61.4 Å². The van der Waals surface area contributed by atoms with Crippen LogP contribution in [0.15, 0.2) is 4.42 Å². The van der Waals surface area contributed by atoms with Crippen LogP contribution in [0, 0.1) is 23.2 Å². The molecule has 3 aliphatic rings. The number of hydrogen-bond donors (Lipinski definition) is 0. The minimum absolute atomic E-state index is 0.243. The third-order valence-corrected chi connectivity index (χ3v) is 4.96. The molecule has 2 heterocycles. The highest BCUT2D eigenvalue weighted by Crippen LogP contribution is 2.42. The molecule has 1 amide bonds. The van der Waals surface area contributed by atoms with Gasteiger partial charge in [-0.2, -0.15) is 5.26 Å². The van der Waals surface area contributed by atoms with Gasteiger partial charge in [0.2, 0.25) is 23.4 Å². The number of rotatable bonds is 3. The second-order valence-electron chi connectivity index (χ2n) is 6.72. The first-order valence-corrected chi connectivity index (χ1v) is 8.12. The maximum Gasteiger partial charge on any atom is 0.234 e. The summed E-state index contributed by atoms with van der Waals surface area (Å²) in [5.74, 6) is 2.79. The molecule has 0 unspecified atom stereocenters. The van der Waals surface area contributed by atoms with E-state index >= 15 is 0 Å². The van der Waals surface area contributed by atoms with Crippen molar-refractivity contribution >= 4 is 11.8 Å². The van der Waals surface area contributed by atoms with Crippen molar-refractivity contribution in [3.8, 4) is 6.07 Å². The first-order valence-electron chi connectivity index (χ1n) is 8.12. The van der Waals surface area contributed by atoms with Gasteiger partial charge >= 0.3 is 0 Å². The third kappa shape index (κ3) is 2.35. The van der Waals surface area contributed by atoms with Gasteiger partial charge in [-0.05, 0) is 25.2 Å². The molecule has 4 rings (SSSR count). The Balaban J connectivity index is 1.43. The molecule has 116 valence electrons. The molecule has 2 aliphatic carbocycles. The van der Waals surface area contributed by atoms with Gasteiger partial charge in [-0.3, -0.25) is 4.79 Å². The van der Waals surface area contributed by atoms with Crippen LogP contribution in [0.25, 0.3) is 0 Å². The molecule has 0 spiro atoms. The van der Waals surface area contributed by atoms with Gasteiger partial charge in [0.15, 0.2) is 0 Å². The van der Waals surface area contributed by atoms with Crippen molar-refractivity contribution in [3.05, 3.63) is 11.6 Å². The normalized spacial score (nSPS) is 27.6. The fraction of sp³-hybridized carbons (Fsp3) is 0.688. The van der Waals surface area contributed by atoms with E-state index in [4.69, 9.17) is 4.42 Å². The van der Waals surface area contributed by atoms with Crippen LogP contribution in [0.4, 0.5) is 5.88 Å². The summed E-state index contributed by atoms with van der Waals surface area (Å²) in [6.45, 7) is 4.95. The number of anilines is 1. The molecular weight excluding hydrogens is 280 g/mol. The second kappa shape index (κ2) is 5.01. The lowest BCUT2D eigenvalue weighted by Gasteiger charge is -2.34. The second-order valence-corrected chi connectivity index (χ2v) is 6.72. The third-order valence-electron chi connectivity index (χ3n) is 4.96. The summed E-state index contributed by atoms with van der Waals surface area (Å²) >= 11 is 0. The van der Waals surface area contributed by atoms with Gasteiger partial charge in [-0.25, -0.2) is 4.98 Å². The molecule has 6 nitrogen and oxygen atoms in total. The van der Waals surface area contributed by atoms with Crippen LogP contribution in [0.1, 0.15) is 43.7 Å². The van der Waals surface area contributed by atoms with E-state index in [9.17, 15) is 10.1 Å². The molecule has 1 aromatic heterocycles. The summed E-state index contributed by atoms with van der Waals surface area (Å²) < 4.78 is 5.83.